The highest BCUT2D eigenvalue weighted by Crippen LogP contribution is 2.29. The number of carbonyl (C=O) groups excluding carboxylic acids is 2. The maximum Gasteiger partial charge on any atom is 0.244 e. The summed E-state index contributed by atoms with van der Waals surface area (Å²) < 4.78 is 26.1. The summed E-state index contributed by atoms with van der Waals surface area (Å²) in [7, 11) is -3.92. The standard InChI is InChI=1S/C23H27Cl4N3O4S/c1-4-5-9-28-23(32)15(2)29(13-19-20(26)7-6-8-21(19)27)22(31)14-30(35(3,33)34)18-11-16(24)10-17(25)12-18/h6-8,10-12,15H,4-5,9,13-14H2,1-3H3,(H,28,32)/t15-/m1/s1. The Balaban J connectivity index is 2.44. The van der Waals surface area contributed by atoms with Crippen molar-refractivity contribution in [3.05, 3.63) is 62.1 Å². The number of halogens is 4. The number of unbranched alkanes of at least 4 members (excludes halogenated alkanes) is 1. The van der Waals surface area contributed by atoms with Gasteiger partial charge in [0.1, 0.15) is 12.6 Å². The van der Waals surface area contributed by atoms with E-state index in [0.29, 0.717) is 22.2 Å². The van der Waals surface area contributed by atoms with E-state index in [4.69, 9.17) is 46.4 Å². The number of amides is 2. The van der Waals surface area contributed by atoms with E-state index in [1.807, 2.05) is 6.92 Å². The molecule has 192 valence electrons. The molecule has 12 heteroatoms. The van der Waals surface area contributed by atoms with Crippen molar-refractivity contribution in [3.63, 3.8) is 0 Å². The molecule has 0 unspecified atom stereocenters. The van der Waals surface area contributed by atoms with Crippen LogP contribution in [0.25, 0.3) is 0 Å². The number of rotatable bonds is 11. The smallest absolute Gasteiger partial charge is 0.244 e. The molecule has 0 bridgehead atoms. The van der Waals surface area contributed by atoms with Crippen LogP contribution in [0.2, 0.25) is 20.1 Å². The second-order valence-corrected chi connectivity index (χ2v) is 11.5. The van der Waals surface area contributed by atoms with E-state index in [1.165, 1.54) is 23.1 Å². The van der Waals surface area contributed by atoms with Crippen molar-refractivity contribution in [1.29, 1.82) is 0 Å². The fourth-order valence-electron chi connectivity index (χ4n) is 3.27. The molecule has 0 heterocycles. The predicted molar refractivity (Wildman–Crippen MR) is 143 cm³/mol. The van der Waals surface area contributed by atoms with Gasteiger partial charge in [-0.1, -0.05) is 65.8 Å². The van der Waals surface area contributed by atoms with Gasteiger partial charge in [0.25, 0.3) is 0 Å². The molecule has 2 aromatic rings. The number of nitrogens with zero attached hydrogens (tertiary/aromatic N) is 2. The topological polar surface area (TPSA) is 86.8 Å². The molecular formula is C23H27Cl4N3O4S. The van der Waals surface area contributed by atoms with Crippen molar-refractivity contribution in [2.45, 2.75) is 39.3 Å². The highest BCUT2D eigenvalue weighted by atomic mass is 35.5. The average Bonchev–Trinajstić information content (AvgIpc) is 2.75. The maximum absolute atomic E-state index is 13.5. The molecule has 1 atom stereocenters. The number of anilines is 1. The molecule has 2 amide bonds. The zero-order valence-corrected chi connectivity index (χ0v) is 23.4. The van der Waals surface area contributed by atoms with E-state index in [0.717, 1.165) is 23.4 Å². The molecule has 0 aliphatic carbocycles. The number of sulfonamides is 1. The lowest BCUT2D eigenvalue weighted by molar-refractivity contribution is -0.139. The fourth-order valence-corrected chi connectivity index (χ4v) is 5.13. The molecule has 7 nitrogen and oxygen atoms in total. The first kappa shape index (κ1) is 29.5. The minimum Gasteiger partial charge on any atom is -0.354 e. The van der Waals surface area contributed by atoms with Crippen LogP contribution in [0.1, 0.15) is 32.3 Å². The minimum atomic E-state index is -3.92. The van der Waals surface area contributed by atoms with Gasteiger partial charge in [0, 0.05) is 38.7 Å². The zero-order valence-electron chi connectivity index (χ0n) is 19.5. The van der Waals surface area contributed by atoms with Crippen LogP contribution in [0.15, 0.2) is 36.4 Å². The van der Waals surface area contributed by atoms with Gasteiger partial charge in [-0.05, 0) is 43.7 Å². The van der Waals surface area contributed by atoms with Crippen LogP contribution in [0.3, 0.4) is 0 Å². The maximum atomic E-state index is 13.5. The largest absolute Gasteiger partial charge is 0.354 e. The first-order valence-electron chi connectivity index (χ1n) is 10.8. The monoisotopic (exact) mass is 581 g/mol. The molecule has 0 aliphatic rings. The molecule has 0 spiro atoms. The molecule has 0 saturated heterocycles. The Bertz CT molecular complexity index is 1140. The van der Waals surface area contributed by atoms with Crippen LogP contribution in [0.4, 0.5) is 5.69 Å². The average molecular weight is 583 g/mol. The fraction of sp³-hybridized carbons (Fsp3) is 0.391. The van der Waals surface area contributed by atoms with Crippen LogP contribution in [0, 0.1) is 0 Å². The third-order valence-corrected chi connectivity index (χ3v) is 7.49. The van der Waals surface area contributed by atoms with Crippen molar-refractivity contribution >= 4 is 73.9 Å². The highest BCUT2D eigenvalue weighted by Gasteiger charge is 2.31. The predicted octanol–water partition coefficient (Wildman–Crippen LogP) is 5.40. The molecule has 0 radical (unpaired) electrons. The Morgan fingerprint density at radius 2 is 1.60 bits per heavy atom. The zero-order chi connectivity index (χ0) is 26.3. The second kappa shape index (κ2) is 13.0. The summed E-state index contributed by atoms with van der Waals surface area (Å²) >= 11 is 24.7. The summed E-state index contributed by atoms with van der Waals surface area (Å²) in [6.07, 6.45) is 2.63. The van der Waals surface area contributed by atoms with Gasteiger partial charge in [-0.2, -0.15) is 0 Å². The Kier molecular flexibility index (Phi) is 11.0. The summed E-state index contributed by atoms with van der Waals surface area (Å²) in [5.74, 6) is -1.02. The summed E-state index contributed by atoms with van der Waals surface area (Å²) in [6, 6.07) is 8.19. The van der Waals surface area contributed by atoms with E-state index in [9.17, 15) is 18.0 Å². The highest BCUT2D eigenvalue weighted by molar-refractivity contribution is 7.92. The molecule has 0 aliphatic heterocycles. The molecule has 1 N–H and O–H groups in total. The molecule has 35 heavy (non-hydrogen) atoms. The van der Waals surface area contributed by atoms with Crippen molar-refractivity contribution in [2.24, 2.45) is 0 Å². The summed E-state index contributed by atoms with van der Waals surface area (Å²) in [6.45, 7) is 3.31. The van der Waals surface area contributed by atoms with Gasteiger partial charge < -0.3 is 10.2 Å². The van der Waals surface area contributed by atoms with E-state index < -0.39 is 28.5 Å². The summed E-state index contributed by atoms with van der Waals surface area (Å²) in [5, 5.41) is 3.84. The molecule has 0 aromatic heterocycles. The molecule has 0 saturated carbocycles. The van der Waals surface area contributed by atoms with E-state index in [2.05, 4.69) is 5.32 Å². The lowest BCUT2D eigenvalue weighted by atomic mass is 10.1. The Hall–Kier alpha value is -1.71. The van der Waals surface area contributed by atoms with Crippen LogP contribution in [-0.4, -0.2) is 50.5 Å². The van der Waals surface area contributed by atoms with Gasteiger partial charge in [0.15, 0.2) is 0 Å². The van der Waals surface area contributed by atoms with E-state index in [-0.39, 0.29) is 28.2 Å². The number of hydrogen-bond acceptors (Lipinski definition) is 4. The summed E-state index contributed by atoms with van der Waals surface area (Å²) in [5.41, 5.74) is 0.559. The van der Waals surface area contributed by atoms with Crippen molar-refractivity contribution in [3.8, 4) is 0 Å². The molecule has 0 fully saturated rings. The Morgan fingerprint density at radius 1 is 1.03 bits per heavy atom. The number of carbonyl (C=O) groups is 2. The van der Waals surface area contributed by atoms with Crippen molar-refractivity contribution in [1.82, 2.24) is 10.2 Å². The van der Waals surface area contributed by atoms with E-state index >= 15 is 0 Å². The van der Waals surface area contributed by atoms with Gasteiger partial charge >= 0.3 is 0 Å². The van der Waals surface area contributed by atoms with Crippen LogP contribution in [-0.2, 0) is 26.2 Å². The van der Waals surface area contributed by atoms with Gasteiger partial charge in [-0.15, -0.1) is 0 Å². The van der Waals surface area contributed by atoms with Gasteiger partial charge in [-0.25, -0.2) is 8.42 Å². The molecule has 2 aromatic carbocycles. The third kappa shape index (κ3) is 8.43. The van der Waals surface area contributed by atoms with Gasteiger partial charge in [-0.3, -0.25) is 13.9 Å². The second-order valence-electron chi connectivity index (χ2n) is 7.94. The van der Waals surface area contributed by atoms with Gasteiger partial charge in [0.05, 0.1) is 11.9 Å². The van der Waals surface area contributed by atoms with Crippen LogP contribution in [0.5, 0.6) is 0 Å². The van der Waals surface area contributed by atoms with Gasteiger partial charge in [0.2, 0.25) is 21.8 Å². The van der Waals surface area contributed by atoms with Crippen molar-refractivity contribution in [2.75, 3.05) is 23.7 Å². The lowest BCUT2D eigenvalue weighted by Gasteiger charge is -2.32. The first-order chi connectivity index (χ1) is 16.3. The number of nitrogens with one attached hydrogen (secondary N) is 1. The van der Waals surface area contributed by atoms with E-state index in [1.54, 1.807) is 25.1 Å². The molecular weight excluding hydrogens is 556 g/mol. The quantitative estimate of drug-likeness (QED) is 0.359. The first-order valence-corrected chi connectivity index (χ1v) is 14.1. The SMILES string of the molecule is CCCCNC(=O)[C@@H](C)N(Cc1c(Cl)cccc1Cl)C(=O)CN(c1cc(Cl)cc(Cl)c1)S(C)(=O)=O. The third-order valence-electron chi connectivity index (χ3n) is 5.20. The Morgan fingerprint density at radius 3 is 2.11 bits per heavy atom. The Labute approximate surface area is 226 Å². The number of benzene rings is 2. The van der Waals surface area contributed by atoms with Crippen molar-refractivity contribution < 1.29 is 18.0 Å². The number of hydrogen-bond donors (Lipinski definition) is 1. The summed E-state index contributed by atoms with van der Waals surface area (Å²) in [4.78, 5) is 27.6. The molecule has 2 rings (SSSR count). The van der Waals surface area contributed by atoms with Crippen LogP contribution < -0.4 is 9.62 Å². The normalized spacial score (nSPS) is 12.2. The minimum absolute atomic E-state index is 0.104. The van der Waals surface area contributed by atoms with Crippen LogP contribution >= 0.6 is 46.4 Å². The lowest BCUT2D eigenvalue weighted by Crippen LogP contribution is -2.51.